The van der Waals surface area contributed by atoms with Gasteiger partial charge in [-0.1, -0.05) is 29.5 Å². The molecular formula is C16H12N4O3. The summed E-state index contributed by atoms with van der Waals surface area (Å²) in [7, 11) is 1.65. The molecule has 0 aliphatic carbocycles. The third kappa shape index (κ3) is 2.84. The average Bonchev–Trinajstić information content (AvgIpc) is 2.96. The van der Waals surface area contributed by atoms with Crippen molar-refractivity contribution in [2.45, 2.75) is 0 Å². The molecule has 3 rings (SSSR count). The van der Waals surface area contributed by atoms with Gasteiger partial charge in [0.1, 0.15) is 0 Å². The van der Waals surface area contributed by atoms with Gasteiger partial charge in [-0.3, -0.25) is 4.79 Å². The third-order valence-electron chi connectivity index (χ3n) is 3.35. The first kappa shape index (κ1) is 14.6. The maximum atomic E-state index is 12.1. The number of benzene rings is 1. The minimum Gasteiger partial charge on any atom is -0.475 e. The zero-order valence-corrected chi connectivity index (χ0v) is 12.2. The minimum absolute atomic E-state index is 0.0198. The van der Waals surface area contributed by atoms with E-state index >= 15 is 0 Å². The van der Waals surface area contributed by atoms with Gasteiger partial charge in [-0.25, -0.2) is 14.5 Å². The molecule has 0 radical (unpaired) electrons. The number of fused-ring (bicyclic) bond motifs is 1. The number of carboxylic acid groups (broad SMARTS) is 1. The van der Waals surface area contributed by atoms with Gasteiger partial charge in [0.15, 0.2) is 0 Å². The number of nitrogens with zero attached hydrogens (tertiary/aromatic N) is 4. The molecule has 0 atom stereocenters. The Morgan fingerprint density at radius 1 is 1.17 bits per heavy atom. The average molecular weight is 308 g/mol. The highest BCUT2D eigenvalue weighted by Crippen LogP contribution is 2.20. The van der Waals surface area contributed by atoms with E-state index in [9.17, 15) is 9.59 Å². The number of pyridine rings is 1. The zero-order chi connectivity index (χ0) is 16.4. The van der Waals surface area contributed by atoms with Crippen LogP contribution >= 0.6 is 0 Å². The number of carbonyl (C=O) groups is 2. The van der Waals surface area contributed by atoms with Gasteiger partial charge in [0.25, 0.3) is 5.78 Å². The molecule has 7 nitrogen and oxygen atoms in total. The van der Waals surface area contributed by atoms with Crippen molar-refractivity contribution in [2.24, 2.45) is 7.05 Å². The van der Waals surface area contributed by atoms with Crippen molar-refractivity contribution < 1.29 is 14.7 Å². The van der Waals surface area contributed by atoms with Crippen LogP contribution in [0.4, 0.5) is 0 Å². The van der Waals surface area contributed by atoms with Gasteiger partial charge in [-0.15, -0.1) is 5.10 Å². The van der Waals surface area contributed by atoms with Crippen molar-refractivity contribution in [3.8, 4) is 0 Å². The fourth-order valence-electron chi connectivity index (χ4n) is 2.16. The summed E-state index contributed by atoms with van der Waals surface area (Å²) in [5.41, 5.74) is 1.45. The largest absolute Gasteiger partial charge is 0.475 e. The number of aromatic nitrogens is 4. The summed E-state index contributed by atoms with van der Waals surface area (Å²) < 4.78 is 1.44. The number of para-hydroxylation sites is 1. The van der Waals surface area contributed by atoms with Crippen molar-refractivity contribution in [1.29, 1.82) is 0 Å². The molecule has 1 N–H and O–H groups in total. The fraction of sp³-hybridized carbons (Fsp3) is 0.0625. The molecule has 0 fully saturated rings. The number of rotatable bonds is 4. The second-order valence-corrected chi connectivity index (χ2v) is 4.86. The van der Waals surface area contributed by atoms with Crippen molar-refractivity contribution in [3.05, 3.63) is 54.0 Å². The highest BCUT2D eigenvalue weighted by Gasteiger charge is 2.21. The summed E-state index contributed by atoms with van der Waals surface area (Å²) in [4.78, 5) is 27.6. The molecule has 0 amide bonds. The molecule has 3 aromatic rings. The van der Waals surface area contributed by atoms with Gasteiger partial charge >= 0.3 is 5.97 Å². The molecule has 7 heteroatoms. The summed E-state index contributed by atoms with van der Waals surface area (Å²) in [6.07, 6.45) is 2.86. The van der Waals surface area contributed by atoms with Gasteiger partial charge in [0.2, 0.25) is 0 Å². The summed E-state index contributed by atoms with van der Waals surface area (Å²) in [6, 6.07) is 10.8. The second kappa shape index (κ2) is 5.80. The second-order valence-electron chi connectivity index (χ2n) is 4.86. The van der Waals surface area contributed by atoms with Crippen LogP contribution in [-0.4, -0.2) is 36.8 Å². The van der Waals surface area contributed by atoms with Gasteiger partial charge < -0.3 is 5.11 Å². The lowest BCUT2D eigenvalue weighted by Crippen LogP contribution is -2.15. The minimum atomic E-state index is -1.54. The van der Waals surface area contributed by atoms with Crippen LogP contribution in [0.2, 0.25) is 0 Å². The van der Waals surface area contributed by atoms with Gasteiger partial charge in [0.05, 0.1) is 28.7 Å². The number of carboxylic acids is 1. The number of aryl methyl sites for hydroxylation is 1. The monoisotopic (exact) mass is 308 g/mol. The molecule has 1 aromatic carbocycles. The maximum absolute atomic E-state index is 12.1. The first-order valence-electron chi connectivity index (χ1n) is 6.76. The van der Waals surface area contributed by atoms with Crippen LogP contribution in [0.25, 0.3) is 22.6 Å². The number of hydrogen-bond acceptors (Lipinski definition) is 5. The molecule has 2 heterocycles. The van der Waals surface area contributed by atoms with E-state index in [0.29, 0.717) is 11.2 Å². The van der Waals surface area contributed by atoms with E-state index < -0.39 is 11.8 Å². The number of hydrogen-bond donors (Lipinski definition) is 1. The van der Waals surface area contributed by atoms with E-state index in [0.717, 1.165) is 5.39 Å². The Kier molecular flexibility index (Phi) is 3.68. The Hall–Kier alpha value is -3.35. The van der Waals surface area contributed by atoms with Crippen molar-refractivity contribution in [3.63, 3.8) is 0 Å². The van der Waals surface area contributed by atoms with E-state index in [1.54, 1.807) is 25.2 Å². The Bertz CT molecular complexity index is 943. The molecule has 114 valence electrons. The molecule has 0 saturated heterocycles. The van der Waals surface area contributed by atoms with E-state index in [4.69, 9.17) is 5.11 Å². The quantitative estimate of drug-likeness (QED) is 0.580. The van der Waals surface area contributed by atoms with Crippen LogP contribution in [0, 0.1) is 0 Å². The SMILES string of the molecule is Cn1nncc1C=C(C(=O)C(=O)O)c1ccc2ccccc2n1. The van der Waals surface area contributed by atoms with Crippen LogP contribution in [0.5, 0.6) is 0 Å². The van der Waals surface area contributed by atoms with E-state index in [1.165, 1.54) is 17.0 Å². The van der Waals surface area contributed by atoms with Crippen LogP contribution in [0.1, 0.15) is 11.4 Å². The molecule has 0 saturated carbocycles. The van der Waals surface area contributed by atoms with E-state index in [-0.39, 0.29) is 11.3 Å². The van der Waals surface area contributed by atoms with Gasteiger partial charge in [-0.2, -0.15) is 0 Å². The molecular weight excluding hydrogens is 296 g/mol. The van der Waals surface area contributed by atoms with E-state index in [1.807, 2.05) is 18.2 Å². The van der Waals surface area contributed by atoms with Gasteiger partial charge in [0, 0.05) is 12.4 Å². The van der Waals surface area contributed by atoms with Crippen molar-refractivity contribution in [1.82, 2.24) is 20.0 Å². The number of carbonyl (C=O) groups excluding carboxylic acids is 1. The Labute approximate surface area is 130 Å². The summed E-state index contributed by atoms with van der Waals surface area (Å²) in [6.45, 7) is 0. The highest BCUT2D eigenvalue weighted by atomic mass is 16.4. The zero-order valence-electron chi connectivity index (χ0n) is 12.2. The van der Waals surface area contributed by atoms with Crippen LogP contribution in [0.15, 0.2) is 42.6 Å². The lowest BCUT2D eigenvalue weighted by Gasteiger charge is -2.05. The molecule has 23 heavy (non-hydrogen) atoms. The number of ketones is 1. The van der Waals surface area contributed by atoms with E-state index in [2.05, 4.69) is 15.3 Å². The lowest BCUT2D eigenvalue weighted by molar-refractivity contribution is -0.146. The van der Waals surface area contributed by atoms with Crippen LogP contribution < -0.4 is 0 Å². The van der Waals surface area contributed by atoms with Crippen molar-refractivity contribution >= 4 is 34.3 Å². The molecule has 0 aliphatic heterocycles. The maximum Gasteiger partial charge on any atom is 0.377 e. The summed E-state index contributed by atoms with van der Waals surface area (Å²) in [5.74, 6) is -2.57. The molecule has 0 aliphatic rings. The predicted molar refractivity (Wildman–Crippen MR) is 83.3 cm³/mol. The van der Waals surface area contributed by atoms with Crippen LogP contribution in [0.3, 0.4) is 0 Å². The van der Waals surface area contributed by atoms with Crippen molar-refractivity contribution in [2.75, 3.05) is 0 Å². The summed E-state index contributed by atoms with van der Waals surface area (Å²) in [5, 5.41) is 17.4. The molecule has 0 bridgehead atoms. The Balaban J connectivity index is 2.17. The van der Waals surface area contributed by atoms with Gasteiger partial charge in [-0.05, 0) is 18.2 Å². The molecule has 2 aromatic heterocycles. The smallest absolute Gasteiger partial charge is 0.377 e. The lowest BCUT2D eigenvalue weighted by atomic mass is 10.0. The first-order chi connectivity index (χ1) is 11.1. The van der Waals surface area contributed by atoms with Crippen LogP contribution in [-0.2, 0) is 16.6 Å². The Morgan fingerprint density at radius 3 is 2.65 bits per heavy atom. The normalized spacial score (nSPS) is 11.6. The molecule has 0 spiro atoms. The highest BCUT2D eigenvalue weighted by molar-refractivity contribution is 6.52. The topological polar surface area (TPSA) is 98.0 Å². The number of Topliss-reactive ketones (excluding diaryl/α,β-unsaturated/α-hetero) is 1. The fourth-order valence-corrected chi connectivity index (χ4v) is 2.16. The standard InChI is InChI=1S/C16H12N4O3/c1-20-11(9-17-19-20)8-12(15(21)16(22)23)14-7-6-10-4-2-3-5-13(10)18-14/h2-9H,1H3,(H,22,23). The third-order valence-corrected chi connectivity index (χ3v) is 3.35. The predicted octanol–water partition coefficient (Wildman–Crippen LogP) is 1.56. The Morgan fingerprint density at radius 2 is 1.96 bits per heavy atom. The number of aliphatic carboxylic acids is 1. The molecule has 0 unspecified atom stereocenters. The first-order valence-corrected chi connectivity index (χ1v) is 6.76. The summed E-state index contributed by atoms with van der Waals surface area (Å²) >= 11 is 0.